The summed E-state index contributed by atoms with van der Waals surface area (Å²) in [5.41, 5.74) is 0. The van der Waals surface area contributed by atoms with Crippen LogP contribution < -0.4 is 10.6 Å². The van der Waals surface area contributed by atoms with Crippen LogP contribution in [0.2, 0.25) is 0 Å². The molecule has 110 valence electrons. The van der Waals surface area contributed by atoms with Crippen molar-refractivity contribution in [2.24, 2.45) is 5.92 Å². The van der Waals surface area contributed by atoms with Gasteiger partial charge in [-0.25, -0.2) is 9.59 Å². The summed E-state index contributed by atoms with van der Waals surface area (Å²) in [7, 11) is 1.99. The lowest BCUT2D eigenvalue weighted by molar-refractivity contribution is -0.140. The fourth-order valence-corrected chi connectivity index (χ4v) is 1.90. The normalized spacial score (nSPS) is 22.0. The maximum absolute atomic E-state index is 11.6. The number of carboxylic acids is 1. The molecule has 1 aliphatic rings. The first-order valence-corrected chi connectivity index (χ1v) is 6.47. The van der Waals surface area contributed by atoms with Crippen molar-refractivity contribution in [2.75, 3.05) is 33.3 Å². The third kappa shape index (κ3) is 5.44. The van der Waals surface area contributed by atoms with Gasteiger partial charge in [-0.3, -0.25) is 0 Å². The molecule has 2 amide bonds. The van der Waals surface area contributed by atoms with Gasteiger partial charge in [0.15, 0.2) is 0 Å². The van der Waals surface area contributed by atoms with E-state index in [2.05, 4.69) is 15.5 Å². The predicted octanol–water partition coefficient (Wildman–Crippen LogP) is -0.275. The van der Waals surface area contributed by atoms with E-state index in [0.29, 0.717) is 13.2 Å². The summed E-state index contributed by atoms with van der Waals surface area (Å²) in [5.74, 6) is -1.20. The van der Waals surface area contributed by atoms with Crippen LogP contribution in [0.1, 0.15) is 13.8 Å². The van der Waals surface area contributed by atoms with Crippen LogP contribution in [0.25, 0.3) is 0 Å². The Morgan fingerprint density at radius 1 is 1.47 bits per heavy atom. The van der Waals surface area contributed by atoms with Crippen molar-refractivity contribution in [3.05, 3.63) is 0 Å². The van der Waals surface area contributed by atoms with E-state index in [1.54, 1.807) is 13.8 Å². The minimum atomic E-state index is -1.03. The first-order chi connectivity index (χ1) is 8.90. The average Bonchev–Trinajstić information content (AvgIpc) is 2.32. The Bertz CT molecular complexity index is 322. The standard InChI is InChI=1S/C12H23N3O4/c1-8(2)10(11(16)17)14-12(18)13-6-9-7-15(3)4-5-19-9/h8-10H,4-7H2,1-3H3,(H,16,17)(H2,13,14,18)/t9?,10-/m1/s1. The molecule has 1 unspecified atom stereocenters. The van der Waals surface area contributed by atoms with E-state index >= 15 is 0 Å². The molecule has 0 spiro atoms. The van der Waals surface area contributed by atoms with Crippen molar-refractivity contribution in [1.82, 2.24) is 15.5 Å². The molecule has 3 N–H and O–H groups in total. The molecule has 1 saturated heterocycles. The summed E-state index contributed by atoms with van der Waals surface area (Å²) in [5, 5.41) is 14.1. The fraction of sp³-hybridized carbons (Fsp3) is 0.833. The monoisotopic (exact) mass is 273 g/mol. The predicted molar refractivity (Wildman–Crippen MR) is 70.0 cm³/mol. The molecule has 0 bridgehead atoms. The number of aliphatic carboxylic acids is 1. The first kappa shape index (κ1) is 15.7. The summed E-state index contributed by atoms with van der Waals surface area (Å²) < 4.78 is 5.50. The SMILES string of the molecule is CC(C)[C@@H](NC(=O)NCC1CN(C)CCO1)C(=O)O. The zero-order valence-electron chi connectivity index (χ0n) is 11.7. The Hall–Kier alpha value is -1.34. The molecule has 1 fully saturated rings. The van der Waals surface area contributed by atoms with Crippen molar-refractivity contribution >= 4 is 12.0 Å². The smallest absolute Gasteiger partial charge is 0.326 e. The zero-order valence-corrected chi connectivity index (χ0v) is 11.7. The maximum Gasteiger partial charge on any atom is 0.326 e. The molecule has 19 heavy (non-hydrogen) atoms. The Balaban J connectivity index is 2.32. The van der Waals surface area contributed by atoms with E-state index in [-0.39, 0.29) is 12.0 Å². The molecule has 0 radical (unpaired) electrons. The van der Waals surface area contributed by atoms with Gasteiger partial charge in [-0.15, -0.1) is 0 Å². The van der Waals surface area contributed by atoms with E-state index in [1.807, 2.05) is 7.05 Å². The number of rotatable bonds is 5. The number of amides is 2. The summed E-state index contributed by atoms with van der Waals surface area (Å²) in [6, 6.07) is -1.35. The van der Waals surface area contributed by atoms with Gasteiger partial charge in [0.05, 0.1) is 12.7 Å². The summed E-state index contributed by atoms with van der Waals surface area (Å²) in [6.45, 7) is 6.16. The van der Waals surface area contributed by atoms with Gasteiger partial charge in [-0.05, 0) is 13.0 Å². The van der Waals surface area contributed by atoms with Gasteiger partial charge in [-0.2, -0.15) is 0 Å². The molecule has 0 aromatic carbocycles. The van der Waals surface area contributed by atoms with Crippen molar-refractivity contribution in [1.29, 1.82) is 0 Å². The Morgan fingerprint density at radius 3 is 2.68 bits per heavy atom. The van der Waals surface area contributed by atoms with Gasteiger partial charge in [0, 0.05) is 19.6 Å². The number of carbonyl (C=O) groups is 2. The Kier molecular flexibility index (Phi) is 6.04. The topological polar surface area (TPSA) is 90.9 Å². The lowest BCUT2D eigenvalue weighted by atomic mass is 10.1. The van der Waals surface area contributed by atoms with Crippen LogP contribution in [0.5, 0.6) is 0 Å². The molecular formula is C12H23N3O4. The highest BCUT2D eigenvalue weighted by atomic mass is 16.5. The second-order valence-corrected chi connectivity index (χ2v) is 5.17. The quantitative estimate of drug-likeness (QED) is 0.641. The Labute approximate surface area is 113 Å². The van der Waals surface area contributed by atoms with Gasteiger partial charge in [0.2, 0.25) is 0 Å². The fourth-order valence-electron chi connectivity index (χ4n) is 1.90. The number of ether oxygens (including phenoxy) is 1. The van der Waals surface area contributed by atoms with Gasteiger partial charge in [0.1, 0.15) is 6.04 Å². The first-order valence-electron chi connectivity index (χ1n) is 6.47. The van der Waals surface area contributed by atoms with Crippen molar-refractivity contribution in [3.8, 4) is 0 Å². The van der Waals surface area contributed by atoms with Gasteiger partial charge >= 0.3 is 12.0 Å². The third-order valence-corrected chi connectivity index (χ3v) is 3.05. The second kappa shape index (κ2) is 7.30. The molecule has 1 aliphatic heterocycles. The molecule has 0 saturated carbocycles. The number of nitrogens with zero attached hydrogens (tertiary/aromatic N) is 1. The van der Waals surface area contributed by atoms with E-state index < -0.39 is 18.0 Å². The van der Waals surface area contributed by atoms with Crippen LogP contribution in [0, 0.1) is 5.92 Å². The number of likely N-dealkylation sites (N-methyl/N-ethyl adjacent to an activating group) is 1. The van der Waals surface area contributed by atoms with Crippen molar-refractivity contribution in [3.63, 3.8) is 0 Å². The van der Waals surface area contributed by atoms with Crippen LogP contribution in [0.4, 0.5) is 4.79 Å². The second-order valence-electron chi connectivity index (χ2n) is 5.17. The number of carbonyl (C=O) groups excluding carboxylic acids is 1. The highest BCUT2D eigenvalue weighted by Crippen LogP contribution is 2.03. The van der Waals surface area contributed by atoms with E-state index in [9.17, 15) is 9.59 Å². The number of carboxylic acid groups (broad SMARTS) is 1. The molecule has 0 aromatic heterocycles. The van der Waals surface area contributed by atoms with Crippen LogP contribution in [-0.4, -0.2) is 67.4 Å². The van der Waals surface area contributed by atoms with Crippen LogP contribution in [0.15, 0.2) is 0 Å². The largest absolute Gasteiger partial charge is 0.480 e. The number of urea groups is 1. The molecule has 7 nitrogen and oxygen atoms in total. The highest BCUT2D eigenvalue weighted by Gasteiger charge is 2.24. The Morgan fingerprint density at radius 2 is 2.16 bits per heavy atom. The number of nitrogens with one attached hydrogen (secondary N) is 2. The zero-order chi connectivity index (χ0) is 14.4. The molecular weight excluding hydrogens is 250 g/mol. The molecule has 7 heteroatoms. The highest BCUT2D eigenvalue weighted by molar-refractivity contribution is 5.82. The minimum absolute atomic E-state index is 0.0492. The molecule has 1 heterocycles. The average molecular weight is 273 g/mol. The number of hydrogen-bond acceptors (Lipinski definition) is 4. The molecule has 2 atom stereocenters. The maximum atomic E-state index is 11.6. The molecule has 1 rings (SSSR count). The third-order valence-electron chi connectivity index (χ3n) is 3.05. The molecule has 0 aromatic rings. The summed E-state index contributed by atoms with van der Waals surface area (Å²) in [4.78, 5) is 24.7. The number of hydrogen-bond donors (Lipinski definition) is 3. The number of morpholine rings is 1. The lowest BCUT2D eigenvalue weighted by Gasteiger charge is -2.30. The summed E-state index contributed by atoms with van der Waals surface area (Å²) in [6.07, 6.45) is -0.0492. The van der Waals surface area contributed by atoms with E-state index in [0.717, 1.165) is 13.1 Å². The van der Waals surface area contributed by atoms with Crippen LogP contribution in [0.3, 0.4) is 0 Å². The van der Waals surface area contributed by atoms with Gasteiger partial charge in [0.25, 0.3) is 0 Å². The lowest BCUT2D eigenvalue weighted by Crippen LogP contribution is -2.52. The van der Waals surface area contributed by atoms with Crippen molar-refractivity contribution in [2.45, 2.75) is 26.0 Å². The summed E-state index contributed by atoms with van der Waals surface area (Å²) >= 11 is 0. The van der Waals surface area contributed by atoms with Crippen molar-refractivity contribution < 1.29 is 19.4 Å². The van der Waals surface area contributed by atoms with Gasteiger partial charge < -0.3 is 25.4 Å². The van der Waals surface area contributed by atoms with Crippen LogP contribution >= 0.6 is 0 Å². The van der Waals surface area contributed by atoms with E-state index in [4.69, 9.17) is 9.84 Å². The minimum Gasteiger partial charge on any atom is -0.480 e. The van der Waals surface area contributed by atoms with Gasteiger partial charge in [-0.1, -0.05) is 13.8 Å². The van der Waals surface area contributed by atoms with E-state index in [1.165, 1.54) is 0 Å². The van der Waals surface area contributed by atoms with Crippen LogP contribution in [-0.2, 0) is 9.53 Å². The molecule has 0 aliphatic carbocycles.